The number of fused-ring (bicyclic) bond motifs is 1. The van der Waals surface area contributed by atoms with E-state index in [0.717, 1.165) is 44.2 Å². The molecule has 21 heavy (non-hydrogen) atoms. The maximum Gasteiger partial charge on any atom is 0.223 e. The first-order valence-corrected chi connectivity index (χ1v) is 7.85. The molecule has 114 valence electrons. The Morgan fingerprint density at radius 1 is 1.43 bits per heavy atom. The molecule has 1 aromatic rings. The van der Waals surface area contributed by atoms with Crippen LogP contribution in [-0.4, -0.2) is 18.6 Å². The smallest absolute Gasteiger partial charge is 0.223 e. The number of aryl methyl sites for hydroxylation is 1. The van der Waals surface area contributed by atoms with E-state index < -0.39 is 0 Å². The van der Waals surface area contributed by atoms with Gasteiger partial charge in [0.1, 0.15) is 0 Å². The minimum absolute atomic E-state index is 0.103. The van der Waals surface area contributed by atoms with Crippen molar-refractivity contribution in [1.29, 1.82) is 0 Å². The molecule has 1 saturated carbocycles. The molecule has 1 aromatic carbocycles. The van der Waals surface area contributed by atoms with Gasteiger partial charge in [-0.1, -0.05) is 6.07 Å². The van der Waals surface area contributed by atoms with E-state index in [2.05, 4.69) is 11.4 Å². The number of carbonyl (C=O) groups excluding carboxylic acids is 1. The van der Waals surface area contributed by atoms with Crippen molar-refractivity contribution in [3.63, 3.8) is 0 Å². The molecular weight excluding hydrogens is 264 g/mol. The fourth-order valence-electron chi connectivity index (χ4n) is 3.55. The highest BCUT2D eigenvalue weighted by atomic mass is 16.5. The van der Waals surface area contributed by atoms with Crippen LogP contribution in [0.2, 0.25) is 0 Å². The van der Waals surface area contributed by atoms with Gasteiger partial charge in [0.15, 0.2) is 0 Å². The molecule has 2 aliphatic rings. The zero-order chi connectivity index (χ0) is 14.9. The Balaban J connectivity index is 1.67. The molecule has 1 amide bonds. The molecule has 3 rings (SSSR count). The number of anilines is 1. The van der Waals surface area contributed by atoms with Crippen molar-refractivity contribution in [2.75, 3.05) is 12.8 Å². The second-order valence-corrected chi connectivity index (χ2v) is 6.39. The Hall–Kier alpha value is -1.55. The van der Waals surface area contributed by atoms with E-state index in [1.807, 2.05) is 12.1 Å². The third-order valence-electron chi connectivity index (χ3n) is 5.00. The summed E-state index contributed by atoms with van der Waals surface area (Å²) in [6.07, 6.45) is 6.77. The number of hydrogen-bond acceptors (Lipinski definition) is 3. The van der Waals surface area contributed by atoms with Crippen LogP contribution in [0.15, 0.2) is 18.2 Å². The summed E-state index contributed by atoms with van der Waals surface area (Å²) in [6, 6.07) is 6.14. The fraction of sp³-hybridized carbons (Fsp3) is 0.588. The van der Waals surface area contributed by atoms with Crippen molar-refractivity contribution in [3.05, 3.63) is 29.3 Å². The number of nitrogen functional groups attached to an aromatic ring is 1. The van der Waals surface area contributed by atoms with Gasteiger partial charge in [0, 0.05) is 12.8 Å². The highest BCUT2D eigenvalue weighted by Crippen LogP contribution is 2.38. The van der Waals surface area contributed by atoms with Gasteiger partial charge in [-0.2, -0.15) is 0 Å². The lowest BCUT2D eigenvalue weighted by molar-refractivity contribution is -0.135. The van der Waals surface area contributed by atoms with Gasteiger partial charge < -0.3 is 15.8 Å². The second kappa shape index (κ2) is 5.68. The lowest BCUT2D eigenvalue weighted by Gasteiger charge is -2.40. The second-order valence-electron chi connectivity index (χ2n) is 6.39. The molecule has 4 nitrogen and oxygen atoms in total. The number of nitrogens with one attached hydrogen (secondary N) is 1. The maximum absolute atomic E-state index is 12.3. The van der Waals surface area contributed by atoms with Crippen molar-refractivity contribution in [1.82, 2.24) is 5.32 Å². The first-order chi connectivity index (χ1) is 10.1. The molecule has 4 heteroatoms. The van der Waals surface area contributed by atoms with E-state index in [1.165, 1.54) is 11.1 Å². The number of nitrogens with two attached hydrogens (primary N) is 1. The van der Waals surface area contributed by atoms with E-state index in [-0.39, 0.29) is 17.6 Å². The van der Waals surface area contributed by atoms with Gasteiger partial charge in [-0.05, 0) is 61.8 Å². The normalized spacial score (nSPS) is 23.0. The molecule has 0 bridgehead atoms. The van der Waals surface area contributed by atoms with E-state index in [4.69, 9.17) is 10.5 Å². The number of carbonyl (C=O) groups is 1. The Labute approximate surface area is 126 Å². The highest BCUT2D eigenvalue weighted by molar-refractivity contribution is 5.78. The Bertz CT molecular complexity index is 532. The lowest BCUT2D eigenvalue weighted by atomic mass is 9.77. The summed E-state index contributed by atoms with van der Waals surface area (Å²) in [4.78, 5) is 12.3. The van der Waals surface area contributed by atoms with E-state index in [9.17, 15) is 4.79 Å². The Morgan fingerprint density at radius 2 is 2.24 bits per heavy atom. The molecule has 1 atom stereocenters. The van der Waals surface area contributed by atoms with E-state index in [1.54, 1.807) is 7.11 Å². The van der Waals surface area contributed by atoms with Gasteiger partial charge >= 0.3 is 0 Å². The zero-order valence-corrected chi connectivity index (χ0v) is 12.7. The predicted octanol–water partition coefficient (Wildman–Crippen LogP) is 2.72. The van der Waals surface area contributed by atoms with Crippen molar-refractivity contribution in [2.45, 2.75) is 56.6 Å². The first kappa shape index (κ1) is 14.4. The van der Waals surface area contributed by atoms with Crippen LogP contribution in [0.3, 0.4) is 0 Å². The minimum atomic E-state index is -0.206. The molecule has 0 spiro atoms. The van der Waals surface area contributed by atoms with Crippen LogP contribution in [0.4, 0.5) is 5.69 Å². The summed E-state index contributed by atoms with van der Waals surface area (Å²) in [5.41, 5.74) is 8.95. The van der Waals surface area contributed by atoms with Crippen LogP contribution in [-0.2, 0) is 16.0 Å². The summed E-state index contributed by atoms with van der Waals surface area (Å²) in [6.45, 7) is 0. The van der Waals surface area contributed by atoms with E-state index >= 15 is 0 Å². The lowest BCUT2D eigenvalue weighted by Crippen LogP contribution is -2.44. The number of amides is 1. The Morgan fingerprint density at radius 3 is 2.90 bits per heavy atom. The van der Waals surface area contributed by atoms with Crippen molar-refractivity contribution in [3.8, 4) is 0 Å². The van der Waals surface area contributed by atoms with Crippen LogP contribution in [0, 0.1) is 0 Å². The first-order valence-electron chi connectivity index (χ1n) is 7.85. The zero-order valence-electron chi connectivity index (χ0n) is 12.7. The third kappa shape index (κ3) is 2.91. The average molecular weight is 288 g/mol. The van der Waals surface area contributed by atoms with Gasteiger partial charge in [-0.25, -0.2) is 0 Å². The van der Waals surface area contributed by atoms with Crippen LogP contribution in [0.1, 0.15) is 55.7 Å². The predicted molar refractivity (Wildman–Crippen MR) is 82.9 cm³/mol. The van der Waals surface area contributed by atoms with E-state index in [0.29, 0.717) is 6.42 Å². The monoisotopic (exact) mass is 288 g/mol. The molecule has 0 heterocycles. The maximum atomic E-state index is 12.3. The molecule has 0 radical (unpaired) electrons. The van der Waals surface area contributed by atoms with Gasteiger partial charge in [0.2, 0.25) is 5.91 Å². The number of hydrogen-bond donors (Lipinski definition) is 2. The van der Waals surface area contributed by atoms with Crippen LogP contribution in [0.5, 0.6) is 0 Å². The molecule has 1 fully saturated rings. The number of rotatable bonds is 4. The summed E-state index contributed by atoms with van der Waals surface area (Å²) in [7, 11) is 1.71. The molecule has 0 aromatic heterocycles. The standard InChI is InChI=1S/C17H24N2O2/c1-21-17(8-3-9-17)11-16(20)19-15-5-2-4-12-10-13(18)6-7-14(12)15/h6-7,10,15H,2-5,8-9,11,18H2,1H3,(H,19,20). The summed E-state index contributed by atoms with van der Waals surface area (Å²) >= 11 is 0. The highest BCUT2D eigenvalue weighted by Gasteiger charge is 2.39. The quantitative estimate of drug-likeness (QED) is 0.837. The third-order valence-corrected chi connectivity index (χ3v) is 5.00. The van der Waals surface area contributed by atoms with Crippen LogP contribution >= 0.6 is 0 Å². The molecule has 2 aliphatic carbocycles. The fourth-order valence-corrected chi connectivity index (χ4v) is 3.55. The largest absolute Gasteiger partial charge is 0.399 e. The summed E-state index contributed by atoms with van der Waals surface area (Å²) < 4.78 is 5.54. The number of methoxy groups -OCH3 is 1. The molecule has 3 N–H and O–H groups in total. The number of ether oxygens (including phenoxy) is 1. The molecular formula is C17H24N2O2. The van der Waals surface area contributed by atoms with Crippen molar-refractivity contribution < 1.29 is 9.53 Å². The average Bonchev–Trinajstić information content (AvgIpc) is 2.43. The van der Waals surface area contributed by atoms with Crippen LogP contribution in [0.25, 0.3) is 0 Å². The Kier molecular flexibility index (Phi) is 3.89. The minimum Gasteiger partial charge on any atom is -0.399 e. The van der Waals surface area contributed by atoms with Crippen molar-refractivity contribution in [2.24, 2.45) is 0 Å². The molecule has 1 unspecified atom stereocenters. The topological polar surface area (TPSA) is 64.3 Å². The number of benzene rings is 1. The molecule has 0 aliphatic heterocycles. The van der Waals surface area contributed by atoms with Gasteiger partial charge in [0.05, 0.1) is 18.1 Å². The van der Waals surface area contributed by atoms with Crippen LogP contribution < -0.4 is 11.1 Å². The van der Waals surface area contributed by atoms with Crippen molar-refractivity contribution >= 4 is 11.6 Å². The van der Waals surface area contributed by atoms with Gasteiger partial charge in [0.25, 0.3) is 0 Å². The summed E-state index contributed by atoms with van der Waals surface area (Å²) in [5.74, 6) is 0.103. The van der Waals surface area contributed by atoms with Gasteiger partial charge in [-0.3, -0.25) is 4.79 Å². The van der Waals surface area contributed by atoms with Gasteiger partial charge in [-0.15, -0.1) is 0 Å². The summed E-state index contributed by atoms with van der Waals surface area (Å²) in [5, 5.41) is 3.19. The SMILES string of the molecule is COC1(CC(=O)NC2CCCc3cc(N)ccc32)CCC1. The molecule has 0 saturated heterocycles.